The fourth-order valence-electron chi connectivity index (χ4n) is 2.11. The van der Waals surface area contributed by atoms with Crippen LogP contribution in [0.15, 0.2) is 24.3 Å². The van der Waals surface area contributed by atoms with Gasteiger partial charge in [-0.1, -0.05) is 24.3 Å². The molecule has 2 atom stereocenters. The van der Waals surface area contributed by atoms with E-state index in [0.29, 0.717) is 12.2 Å². The molecule has 0 aliphatic carbocycles. The monoisotopic (exact) mass is 317 g/mol. The van der Waals surface area contributed by atoms with Gasteiger partial charge in [-0.2, -0.15) is 0 Å². The fourth-order valence-corrected chi connectivity index (χ4v) is 2.11. The first kappa shape index (κ1) is 19.4. The van der Waals surface area contributed by atoms with Crippen LogP contribution in [0.1, 0.15) is 31.0 Å². The molecule has 0 amide bonds. The zero-order chi connectivity index (χ0) is 17.6. The van der Waals surface area contributed by atoms with Crippen molar-refractivity contribution in [2.75, 3.05) is 27.8 Å². The molecular formula is C16H26BN4O2. The Labute approximate surface area is 139 Å². The van der Waals surface area contributed by atoms with Crippen LogP contribution in [-0.2, 0) is 9.53 Å². The van der Waals surface area contributed by atoms with Crippen molar-refractivity contribution in [3.05, 3.63) is 35.4 Å². The highest BCUT2D eigenvalue weighted by atomic mass is 16.5. The van der Waals surface area contributed by atoms with Gasteiger partial charge < -0.3 is 20.5 Å². The van der Waals surface area contributed by atoms with Crippen molar-refractivity contribution in [2.24, 2.45) is 5.73 Å². The second-order valence-corrected chi connectivity index (χ2v) is 6.03. The summed E-state index contributed by atoms with van der Waals surface area (Å²) in [6, 6.07) is 7.35. The van der Waals surface area contributed by atoms with Crippen LogP contribution in [0.2, 0.25) is 0 Å². The first-order chi connectivity index (χ1) is 10.7. The molecule has 0 aliphatic heterocycles. The van der Waals surface area contributed by atoms with Gasteiger partial charge in [0, 0.05) is 18.7 Å². The Balaban J connectivity index is 2.69. The number of carbonyl (C=O) groups excluding carboxylic acids is 1. The normalized spacial score (nSPS) is 15.0. The number of likely N-dealkylation sites (N-methyl/N-ethyl adjacent to an activating group) is 1. The second kappa shape index (κ2) is 8.24. The van der Waals surface area contributed by atoms with Gasteiger partial charge in [-0.3, -0.25) is 10.3 Å². The molecule has 7 heteroatoms. The lowest BCUT2D eigenvalue weighted by Gasteiger charge is -2.34. The van der Waals surface area contributed by atoms with E-state index in [1.807, 2.05) is 45.0 Å². The van der Waals surface area contributed by atoms with Crippen molar-refractivity contribution in [1.29, 1.82) is 5.41 Å². The Morgan fingerprint density at radius 1 is 1.43 bits per heavy atom. The van der Waals surface area contributed by atoms with Crippen molar-refractivity contribution < 1.29 is 9.53 Å². The first-order valence-corrected chi connectivity index (χ1v) is 7.46. The lowest BCUT2D eigenvalue weighted by atomic mass is 9.73. The number of nitrogens with zero attached hydrogens (tertiary/aromatic N) is 1. The number of hydrogen-bond acceptors (Lipinski definition) is 5. The number of nitrogens with one attached hydrogen (secondary N) is 2. The quantitative estimate of drug-likeness (QED) is 0.355. The Kier molecular flexibility index (Phi) is 6.93. The van der Waals surface area contributed by atoms with Crippen LogP contribution < -0.4 is 11.0 Å². The lowest BCUT2D eigenvalue weighted by molar-refractivity contribution is -0.124. The molecular weight excluding hydrogens is 291 g/mol. The molecule has 0 saturated carbocycles. The molecule has 1 rings (SSSR count). The minimum atomic E-state index is -0.708. The molecule has 23 heavy (non-hydrogen) atoms. The maximum atomic E-state index is 12.5. The molecule has 0 aromatic heterocycles. The third kappa shape index (κ3) is 4.89. The number of hydrogen-bond donors (Lipinski definition) is 3. The summed E-state index contributed by atoms with van der Waals surface area (Å²) in [4.78, 5) is 14.3. The number of nitrogen functional groups attached to an aromatic ring is 1. The lowest BCUT2D eigenvalue weighted by Crippen LogP contribution is -2.56. The summed E-state index contributed by atoms with van der Waals surface area (Å²) < 4.78 is 5.17. The molecule has 0 aliphatic rings. The standard InChI is InChI=1S/C16H26BN4O2/c1-11(12-6-8-13(9-7-12)14(18)19)20-17-15(22)16(2,10-23-5)21(3)4/h6-9,11,20H,10H2,1-5H3,(H3,18,19). The molecule has 1 radical (unpaired) electrons. The van der Waals surface area contributed by atoms with Gasteiger partial charge in [0.05, 0.1) is 12.1 Å². The number of benzene rings is 1. The number of amidine groups is 1. The van der Waals surface area contributed by atoms with Crippen molar-refractivity contribution >= 4 is 18.9 Å². The zero-order valence-electron chi connectivity index (χ0n) is 14.5. The third-order valence-corrected chi connectivity index (χ3v) is 4.13. The Hall–Kier alpha value is -1.70. The molecule has 4 N–H and O–H groups in total. The highest BCUT2D eigenvalue weighted by Crippen LogP contribution is 2.15. The predicted octanol–water partition coefficient (Wildman–Crippen LogP) is 0.734. The van der Waals surface area contributed by atoms with Crippen molar-refractivity contribution in [3.8, 4) is 0 Å². The van der Waals surface area contributed by atoms with Gasteiger partial charge in [-0.15, -0.1) is 0 Å². The Bertz CT molecular complexity index is 548. The highest BCUT2D eigenvalue weighted by molar-refractivity contribution is 6.73. The molecule has 0 saturated heterocycles. The summed E-state index contributed by atoms with van der Waals surface area (Å²) in [5, 5.41) is 10.5. The van der Waals surface area contributed by atoms with Crippen LogP contribution in [0.3, 0.4) is 0 Å². The molecule has 0 spiro atoms. The van der Waals surface area contributed by atoms with E-state index in [0.717, 1.165) is 5.56 Å². The number of ether oxygens (including phenoxy) is 1. The summed E-state index contributed by atoms with van der Waals surface area (Å²) in [6.45, 7) is 4.14. The number of nitrogens with two attached hydrogens (primary N) is 1. The molecule has 2 unspecified atom stereocenters. The van der Waals surface area contributed by atoms with E-state index in [2.05, 4.69) is 5.23 Å². The SMILES string of the molecule is COCC(C)(C(=O)[B]NC(C)c1ccc(C(=N)N)cc1)N(C)C. The van der Waals surface area contributed by atoms with E-state index < -0.39 is 5.54 Å². The van der Waals surface area contributed by atoms with Crippen LogP contribution in [0, 0.1) is 5.41 Å². The van der Waals surface area contributed by atoms with E-state index in [1.54, 1.807) is 19.2 Å². The van der Waals surface area contributed by atoms with Gasteiger partial charge in [-0.05, 0) is 33.5 Å². The van der Waals surface area contributed by atoms with Crippen LogP contribution in [0.25, 0.3) is 0 Å². The molecule has 1 aromatic rings. The van der Waals surface area contributed by atoms with Crippen LogP contribution >= 0.6 is 0 Å². The van der Waals surface area contributed by atoms with Crippen LogP contribution in [0.4, 0.5) is 0 Å². The van der Waals surface area contributed by atoms with E-state index in [4.69, 9.17) is 15.9 Å². The summed E-state index contributed by atoms with van der Waals surface area (Å²) in [5.74, 6) is 0.0419. The van der Waals surface area contributed by atoms with Crippen molar-refractivity contribution in [2.45, 2.75) is 25.4 Å². The van der Waals surface area contributed by atoms with E-state index in [9.17, 15) is 4.79 Å². The average Bonchev–Trinajstić information content (AvgIpc) is 2.52. The molecule has 6 nitrogen and oxygen atoms in total. The minimum absolute atomic E-state index is 0.0334. The zero-order valence-corrected chi connectivity index (χ0v) is 14.5. The van der Waals surface area contributed by atoms with E-state index >= 15 is 0 Å². The molecule has 1 aromatic carbocycles. The molecule has 0 fully saturated rings. The minimum Gasteiger partial charge on any atom is -0.384 e. The molecule has 125 valence electrons. The average molecular weight is 317 g/mol. The predicted molar refractivity (Wildman–Crippen MR) is 93.7 cm³/mol. The fraction of sp³-hybridized carbons (Fsp3) is 0.500. The second-order valence-electron chi connectivity index (χ2n) is 6.03. The maximum Gasteiger partial charge on any atom is 0.298 e. The summed E-state index contributed by atoms with van der Waals surface area (Å²) in [5.41, 5.74) is 6.38. The van der Waals surface area contributed by atoms with E-state index in [1.165, 1.54) is 7.41 Å². The van der Waals surface area contributed by atoms with E-state index in [-0.39, 0.29) is 17.6 Å². The Morgan fingerprint density at radius 2 is 2.00 bits per heavy atom. The summed E-state index contributed by atoms with van der Waals surface area (Å²) in [7, 11) is 6.80. The first-order valence-electron chi connectivity index (χ1n) is 7.46. The van der Waals surface area contributed by atoms with Crippen LogP contribution in [0.5, 0.6) is 0 Å². The largest absolute Gasteiger partial charge is 0.384 e. The van der Waals surface area contributed by atoms with Gasteiger partial charge in [0.1, 0.15) is 11.5 Å². The number of methoxy groups -OCH3 is 1. The summed E-state index contributed by atoms with van der Waals surface area (Å²) >= 11 is 0. The van der Waals surface area contributed by atoms with Crippen molar-refractivity contribution in [3.63, 3.8) is 0 Å². The number of carbonyl (C=O) groups is 1. The van der Waals surface area contributed by atoms with Gasteiger partial charge in [0.15, 0.2) is 0 Å². The maximum absolute atomic E-state index is 12.5. The molecule has 0 heterocycles. The van der Waals surface area contributed by atoms with Gasteiger partial charge in [0.25, 0.3) is 7.41 Å². The smallest absolute Gasteiger partial charge is 0.298 e. The summed E-state index contributed by atoms with van der Waals surface area (Å²) in [6.07, 6.45) is 0. The highest BCUT2D eigenvalue weighted by Gasteiger charge is 2.35. The van der Waals surface area contributed by atoms with Gasteiger partial charge in [0.2, 0.25) is 0 Å². The third-order valence-electron chi connectivity index (χ3n) is 4.13. The van der Waals surface area contributed by atoms with Crippen LogP contribution in [-0.4, -0.2) is 57.2 Å². The van der Waals surface area contributed by atoms with Gasteiger partial charge >= 0.3 is 0 Å². The number of rotatable bonds is 9. The van der Waals surface area contributed by atoms with Crippen molar-refractivity contribution in [1.82, 2.24) is 10.1 Å². The Morgan fingerprint density at radius 3 is 2.43 bits per heavy atom. The topological polar surface area (TPSA) is 91.4 Å². The molecule has 0 bridgehead atoms. The van der Waals surface area contributed by atoms with Gasteiger partial charge in [-0.25, -0.2) is 0 Å².